The number of amides is 1. The summed E-state index contributed by atoms with van der Waals surface area (Å²) in [4.78, 5) is 27.1. The Kier molecular flexibility index (Phi) is 4.74. The van der Waals surface area contributed by atoms with Crippen LogP contribution in [0.2, 0.25) is 0 Å². The van der Waals surface area contributed by atoms with Crippen LogP contribution in [0.25, 0.3) is 10.9 Å². The summed E-state index contributed by atoms with van der Waals surface area (Å²) in [6.45, 7) is 8.06. The Hall–Kier alpha value is -2.10. The highest BCUT2D eigenvalue weighted by Crippen LogP contribution is 2.24. The molecule has 2 heterocycles. The molecule has 128 valence electrons. The molecule has 0 aliphatic carbocycles. The number of carbonyl (C=O) groups excluding carboxylic acids is 2. The zero-order chi connectivity index (χ0) is 17.3. The molecule has 0 atom stereocenters. The monoisotopic (exact) mass is 326 g/mol. The smallest absolute Gasteiger partial charge is 0.242 e. The third-order valence-electron chi connectivity index (χ3n) is 5.02. The maximum Gasteiger partial charge on any atom is 0.242 e. The van der Waals surface area contributed by atoms with Gasteiger partial charge in [-0.15, -0.1) is 0 Å². The average molecular weight is 326 g/mol. The van der Waals surface area contributed by atoms with Gasteiger partial charge in [0, 0.05) is 41.7 Å². The molecule has 0 saturated carbocycles. The summed E-state index contributed by atoms with van der Waals surface area (Å²) in [6.07, 6.45) is 4.02. The van der Waals surface area contributed by atoms with E-state index in [0.717, 1.165) is 42.4 Å². The van der Waals surface area contributed by atoms with E-state index in [1.54, 1.807) is 0 Å². The summed E-state index contributed by atoms with van der Waals surface area (Å²) < 4.78 is 1.94. The second-order valence-corrected chi connectivity index (χ2v) is 7.27. The third-order valence-corrected chi connectivity index (χ3v) is 5.02. The Balaban J connectivity index is 1.87. The summed E-state index contributed by atoms with van der Waals surface area (Å²) in [5, 5.41) is 0.941. The Morgan fingerprint density at radius 3 is 2.50 bits per heavy atom. The van der Waals surface area contributed by atoms with Crippen LogP contribution in [0.15, 0.2) is 30.5 Å². The number of likely N-dealkylation sites (tertiary alicyclic amines) is 1. The maximum atomic E-state index is 12.7. The van der Waals surface area contributed by atoms with Gasteiger partial charge in [0.1, 0.15) is 6.54 Å². The number of Topliss-reactive ketones (excluding diaryl/α,β-unsaturated/α-hetero) is 1. The van der Waals surface area contributed by atoms with Crippen LogP contribution >= 0.6 is 0 Å². The molecule has 1 fully saturated rings. The zero-order valence-corrected chi connectivity index (χ0v) is 14.8. The van der Waals surface area contributed by atoms with Gasteiger partial charge in [-0.2, -0.15) is 0 Å². The number of ketones is 1. The van der Waals surface area contributed by atoms with E-state index in [1.165, 1.54) is 0 Å². The molecule has 1 aliphatic heterocycles. The predicted molar refractivity (Wildman–Crippen MR) is 96.1 cm³/mol. The van der Waals surface area contributed by atoms with Gasteiger partial charge in [-0.05, 0) is 24.8 Å². The van der Waals surface area contributed by atoms with Crippen LogP contribution in [0.1, 0.15) is 44.0 Å². The highest BCUT2D eigenvalue weighted by Gasteiger charge is 2.22. The fraction of sp³-hybridized carbons (Fsp3) is 0.500. The topological polar surface area (TPSA) is 42.3 Å². The number of fused-ring (bicyclic) bond motifs is 1. The summed E-state index contributed by atoms with van der Waals surface area (Å²) in [7, 11) is 0. The van der Waals surface area contributed by atoms with Gasteiger partial charge < -0.3 is 9.47 Å². The number of hydrogen-bond acceptors (Lipinski definition) is 2. The standard InChI is InChI=1S/C20H26N2O2/c1-14(2)20(24)17-12-22(18-7-5-4-6-16(17)18)13-19(23)21-10-8-15(3)9-11-21/h4-7,12,14-15H,8-11,13H2,1-3H3. The van der Waals surface area contributed by atoms with Gasteiger partial charge >= 0.3 is 0 Å². The van der Waals surface area contributed by atoms with Gasteiger partial charge in [0.05, 0.1) is 0 Å². The lowest BCUT2D eigenvalue weighted by Gasteiger charge is -2.30. The summed E-state index contributed by atoms with van der Waals surface area (Å²) in [5.74, 6) is 0.927. The molecule has 0 unspecified atom stereocenters. The minimum atomic E-state index is -0.0523. The van der Waals surface area contributed by atoms with Crippen molar-refractivity contribution in [2.24, 2.45) is 11.8 Å². The number of hydrogen-bond donors (Lipinski definition) is 0. The van der Waals surface area contributed by atoms with E-state index >= 15 is 0 Å². The van der Waals surface area contributed by atoms with Crippen LogP contribution in [0.3, 0.4) is 0 Å². The quantitative estimate of drug-likeness (QED) is 0.803. The third kappa shape index (κ3) is 3.23. The van der Waals surface area contributed by atoms with Crippen molar-refractivity contribution in [3.63, 3.8) is 0 Å². The molecule has 0 radical (unpaired) electrons. The lowest BCUT2D eigenvalue weighted by Crippen LogP contribution is -2.39. The first-order valence-electron chi connectivity index (χ1n) is 8.87. The first-order valence-corrected chi connectivity index (χ1v) is 8.87. The normalized spacial score (nSPS) is 16.1. The number of benzene rings is 1. The van der Waals surface area contributed by atoms with E-state index in [9.17, 15) is 9.59 Å². The van der Waals surface area contributed by atoms with Crippen molar-refractivity contribution in [2.45, 2.75) is 40.2 Å². The largest absolute Gasteiger partial charge is 0.341 e. The molecular formula is C20H26N2O2. The molecule has 1 aromatic carbocycles. The minimum absolute atomic E-state index is 0.0523. The van der Waals surface area contributed by atoms with Gasteiger partial charge in [-0.25, -0.2) is 0 Å². The Morgan fingerprint density at radius 2 is 1.83 bits per heavy atom. The molecule has 1 aromatic heterocycles. The molecule has 2 aromatic rings. The van der Waals surface area contributed by atoms with Crippen molar-refractivity contribution in [2.75, 3.05) is 13.1 Å². The lowest BCUT2D eigenvalue weighted by atomic mass is 9.99. The second kappa shape index (κ2) is 6.80. The van der Waals surface area contributed by atoms with Crippen LogP contribution < -0.4 is 0 Å². The van der Waals surface area contributed by atoms with E-state index in [2.05, 4.69) is 6.92 Å². The molecular weight excluding hydrogens is 300 g/mol. The Morgan fingerprint density at radius 1 is 1.17 bits per heavy atom. The molecule has 24 heavy (non-hydrogen) atoms. The number of para-hydroxylation sites is 1. The fourth-order valence-electron chi connectivity index (χ4n) is 3.39. The molecule has 4 heteroatoms. The van der Waals surface area contributed by atoms with Crippen molar-refractivity contribution in [3.05, 3.63) is 36.0 Å². The number of rotatable bonds is 4. The van der Waals surface area contributed by atoms with Crippen molar-refractivity contribution in [1.82, 2.24) is 9.47 Å². The molecule has 4 nitrogen and oxygen atoms in total. The Bertz CT molecular complexity index is 752. The molecule has 0 N–H and O–H groups in total. The lowest BCUT2D eigenvalue weighted by molar-refractivity contribution is -0.133. The SMILES string of the molecule is CC1CCN(C(=O)Cn2cc(C(=O)C(C)C)c3ccccc32)CC1. The van der Waals surface area contributed by atoms with E-state index in [0.29, 0.717) is 12.5 Å². The molecule has 1 aliphatic rings. The molecule has 1 saturated heterocycles. The van der Waals surface area contributed by atoms with Crippen LogP contribution in [-0.2, 0) is 11.3 Å². The van der Waals surface area contributed by atoms with Gasteiger partial charge in [0.25, 0.3) is 0 Å². The van der Waals surface area contributed by atoms with Gasteiger partial charge in [-0.3, -0.25) is 9.59 Å². The summed E-state index contributed by atoms with van der Waals surface area (Å²) in [6, 6.07) is 7.85. The Labute approximate surface area is 143 Å². The fourth-order valence-corrected chi connectivity index (χ4v) is 3.39. The predicted octanol–water partition coefficient (Wildman–Crippen LogP) is 3.74. The number of aromatic nitrogens is 1. The number of carbonyl (C=O) groups is 2. The van der Waals surface area contributed by atoms with E-state index in [4.69, 9.17) is 0 Å². The minimum Gasteiger partial charge on any atom is -0.341 e. The first-order chi connectivity index (χ1) is 11.5. The van der Waals surface area contributed by atoms with Gasteiger partial charge in [-0.1, -0.05) is 39.0 Å². The van der Waals surface area contributed by atoms with Crippen molar-refractivity contribution in [1.29, 1.82) is 0 Å². The highest BCUT2D eigenvalue weighted by molar-refractivity contribution is 6.09. The molecule has 0 bridgehead atoms. The van der Waals surface area contributed by atoms with Crippen LogP contribution in [-0.4, -0.2) is 34.2 Å². The van der Waals surface area contributed by atoms with Crippen molar-refractivity contribution < 1.29 is 9.59 Å². The molecule has 1 amide bonds. The van der Waals surface area contributed by atoms with E-state index in [-0.39, 0.29) is 17.6 Å². The first kappa shape index (κ1) is 16.7. The summed E-state index contributed by atoms with van der Waals surface area (Å²) >= 11 is 0. The van der Waals surface area contributed by atoms with Crippen LogP contribution in [0.5, 0.6) is 0 Å². The average Bonchev–Trinajstić information content (AvgIpc) is 2.93. The van der Waals surface area contributed by atoms with Crippen molar-refractivity contribution in [3.8, 4) is 0 Å². The highest BCUT2D eigenvalue weighted by atomic mass is 16.2. The van der Waals surface area contributed by atoms with Crippen molar-refractivity contribution >= 4 is 22.6 Å². The van der Waals surface area contributed by atoms with Crippen LogP contribution in [0, 0.1) is 11.8 Å². The van der Waals surface area contributed by atoms with E-state index in [1.807, 2.05) is 53.8 Å². The summed E-state index contributed by atoms with van der Waals surface area (Å²) in [5.41, 5.74) is 1.68. The number of nitrogens with zero attached hydrogens (tertiary/aromatic N) is 2. The number of piperidine rings is 1. The van der Waals surface area contributed by atoms with Gasteiger partial charge in [0.15, 0.2) is 5.78 Å². The molecule has 0 spiro atoms. The second-order valence-electron chi connectivity index (χ2n) is 7.27. The van der Waals surface area contributed by atoms with Crippen LogP contribution in [0.4, 0.5) is 0 Å². The van der Waals surface area contributed by atoms with E-state index < -0.39 is 0 Å². The molecule has 3 rings (SSSR count). The van der Waals surface area contributed by atoms with Gasteiger partial charge in [0.2, 0.25) is 5.91 Å². The maximum absolute atomic E-state index is 12.7. The zero-order valence-electron chi connectivity index (χ0n) is 14.8.